The molecule has 15 heavy (non-hydrogen) atoms. The van der Waals surface area contributed by atoms with E-state index in [0.717, 1.165) is 0 Å². The van der Waals surface area contributed by atoms with Gasteiger partial charge in [-0.3, -0.25) is 14.9 Å². The summed E-state index contributed by atoms with van der Waals surface area (Å²) in [5, 5.41) is 14.5. The zero-order valence-corrected chi connectivity index (χ0v) is 8.66. The third-order valence-electron chi connectivity index (χ3n) is 2.33. The molecule has 0 saturated carbocycles. The lowest BCUT2D eigenvalue weighted by Gasteiger charge is -2.26. The number of aliphatic carboxylic acids is 1. The third-order valence-corrected chi connectivity index (χ3v) is 2.33. The maximum absolute atomic E-state index is 10.9. The van der Waals surface area contributed by atoms with Gasteiger partial charge < -0.3 is 15.2 Å². The predicted molar refractivity (Wildman–Crippen MR) is 52.5 cm³/mol. The number of methoxy groups -OCH3 is 1. The molecular weight excluding hydrogens is 200 g/mol. The minimum absolute atomic E-state index is 0.0129. The number of carbonyl (C=O) groups excluding carboxylic acids is 1. The molecule has 1 fully saturated rings. The maximum atomic E-state index is 10.9. The standard InChI is InChI=1S/C9H16N2O4/c1-15-5-7(9(13)14)11-6-2-3-8(12)10-4-6/h6-7,11H,2-5H2,1H3,(H,10,12)(H,13,14). The van der Waals surface area contributed by atoms with Crippen LogP contribution in [0.1, 0.15) is 12.8 Å². The molecule has 0 radical (unpaired) electrons. The Morgan fingerprint density at radius 3 is 3.00 bits per heavy atom. The molecular formula is C9H16N2O4. The van der Waals surface area contributed by atoms with Gasteiger partial charge in [-0.15, -0.1) is 0 Å². The molecule has 6 nitrogen and oxygen atoms in total. The Labute approximate surface area is 88.0 Å². The average Bonchev–Trinajstić information content (AvgIpc) is 2.20. The number of hydrogen-bond donors (Lipinski definition) is 3. The van der Waals surface area contributed by atoms with Crippen molar-refractivity contribution in [2.75, 3.05) is 20.3 Å². The van der Waals surface area contributed by atoms with Crippen LogP contribution in [0.15, 0.2) is 0 Å². The first-order valence-corrected chi connectivity index (χ1v) is 4.88. The van der Waals surface area contributed by atoms with E-state index in [1.54, 1.807) is 0 Å². The molecule has 2 unspecified atom stereocenters. The van der Waals surface area contributed by atoms with Crippen molar-refractivity contribution in [2.24, 2.45) is 0 Å². The molecule has 86 valence electrons. The Hall–Kier alpha value is -1.14. The van der Waals surface area contributed by atoms with Gasteiger partial charge in [0.2, 0.25) is 5.91 Å². The zero-order valence-electron chi connectivity index (χ0n) is 8.66. The van der Waals surface area contributed by atoms with Gasteiger partial charge >= 0.3 is 5.97 Å². The van der Waals surface area contributed by atoms with Gasteiger partial charge in [0.15, 0.2) is 0 Å². The first-order valence-electron chi connectivity index (χ1n) is 4.88. The first kappa shape index (κ1) is 11.9. The third kappa shape index (κ3) is 3.85. The fourth-order valence-electron chi connectivity index (χ4n) is 1.52. The summed E-state index contributed by atoms with van der Waals surface area (Å²) in [6.07, 6.45) is 1.11. The second-order valence-corrected chi connectivity index (χ2v) is 3.55. The Morgan fingerprint density at radius 1 is 1.80 bits per heavy atom. The molecule has 3 N–H and O–H groups in total. The summed E-state index contributed by atoms with van der Waals surface area (Å²) in [5.41, 5.74) is 0. The molecule has 0 bridgehead atoms. The summed E-state index contributed by atoms with van der Waals surface area (Å²) in [6, 6.07) is -0.700. The van der Waals surface area contributed by atoms with Gasteiger partial charge in [-0.2, -0.15) is 0 Å². The van der Waals surface area contributed by atoms with E-state index >= 15 is 0 Å². The van der Waals surface area contributed by atoms with Crippen LogP contribution in [0.4, 0.5) is 0 Å². The van der Waals surface area contributed by atoms with E-state index < -0.39 is 12.0 Å². The fraction of sp³-hybridized carbons (Fsp3) is 0.778. The van der Waals surface area contributed by atoms with Crippen LogP contribution in [-0.2, 0) is 14.3 Å². The number of piperidine rings is 1. The van der Waals surface area contributed by atoms with Crippen molar-refractivity contribution in [3.05, 3.63) is 0 Å². The van der Waals surface area contributed by atoms with Crippen LogP contribution < -0.4 is 10.6 Å². The summed E-state index contributed by atoms with van der Waals surface area (Å²) in [7, 11) is 1.46. The van der Waals surface area contributed by atoms with E-state index in [1.807, 2.05) is 0 Å². The van der Waals surface area contributed by atoms with E-state index in [9.17, 15) is 9.59 Å². The van der Waals surface area contributed by atoms with Crippen LogP contribution in [0.25, 0.3) is 0 Å². The maximum Gasteiger partial charge on any atom is 0.323 e. The topological polar surface area (TPSA) is 87.7 Å². The van der Waals surface area contributed by atoms with Crippen LogP contribution in [-0.4, -0.2) is 49.3 Å². The highest BCUT2D eigenvalue weighted by Crippen LogP contribution is 2.04. The quantitative estimate of drug-likeness (QED) is 0.546. The highest BCUT2D eigenvalue weighted by Gasteiger charge is 2.24. The second kappa shape index (κ2) is 5.67. The number of ether oxygens (including phenoxy) is 1. The van der Waals surface area contributed by atoms with Gasteiger partial charge in [0.1, 0.15) is 6.04 Å². The van der Waals surface area contributed by atoms with Crippen LogP contribution in [0.3, 0.4) is 0 Å². The lowest BCUT2D eigenvalue weighted by atomic mass is 10.1. The molecule has 0 aliphatic carbocycles. The summed E-state index contributed by atoms with van der Waals surface area (Å²) in [6.45, 7) is 0.603. The number of nitrogens with one attached hydrogen (secondary N) is 2. The van der Waals surface area contributed by atoms with Crippen LogP contribution >= 0.6 is 0 Å². The number of amides is 1. The van der Waals surface area contributed by atoms with Crippen LogP contribution in [0.5, 0.6) is 0 Å². The van der Waals surface area contributed by atoms with Gasteiger partial charge in [-0.25, -0.2) is 0 Å². The molecule has 6 heteroatoms. The number of carboxylic acids is 1. The van der Waals surface area contributed by atoms with Crippen molar-refractivity contribution in [1.82, 2.24) is 10.6 Å². The molecule has 0 spiro atoms. The smallest absolute Gasteiger partial charge is 0.323 e. The summed E-state index contributed by atoms with van der Waals surface area (Å²) < 4.78 is 4.80. The Bertz CT molecular complexity index is 234. The van der Waals surface area contributed by atoms with E-state index in [1.165, 1.54) is 7.11 Å². The zero-order chi connectivity index (χ0) is 11.3. The summed E-state index contributed by atoms with van der Waals surface area (Å²) in [4.78, 5) is 21.7. The number of hydrogen-bond acceptors (Lipinski definition) is 4. The van der Waals surface area contributed by atoms with Crippen molar-refractivity contribution in [3.8, 4) is 0 Å². The van der Waals surface area contributed by atoms with Crippen molar-refractivity contribution in [1.29, 1.82) is 0 Å². The van der Waals surface area contributed by atoms with Crippen molar-refractivity contribution in [2.45, 2.75) is 24.9 Å². The monoisotopic (exact) mass is 216 g/mol. The molecule has 0 aromatic rings. The lowest BCUT2D eigenvalue weighted by molar-refractivity contribution is -0.141. The Morgan fingerprint density at radius 2 is 2.53 bits per heavy atom. The molecule has 1 rings (SSSR count). The van der Waals surface area contributed by atoms with Gasteiger partial charge in [0, 0.05) is 26.1 Å². The Balaban J connectivity index is 2.37. The van der Waals surface area contributed by atoms with Crippen molar-refractivity contribution in [3.63, 3.8) is 0 Å². The first-order chi connectivity index (χ1) is 7.13. The summed E-state index contributed by atoms with van der Waals surface area (Å²) >= 11 is 0. The minimum Gasteiger partial charge on any atom is -0.480 e. The second-order valence-electron chi connectivity index (χ2n) is 3.55. The Kier molecular flexibility index (Phi) is 4.51. The highest BCUT2D eigenvalue weighted by atomic mass is 16.5. The molecule has 1 aliphatic heterocycles. The van der Waals surface area contributed by atoms with Gasteiger partial charge in [0.25, 0.3) is 0 Å². The molecule has 0 aromatic heterocycles. The van der Waals surface area contributed by atoms with E-state index in [0.29, 0.717) is 19.4 Å². The molecule has 1 heterocycles. The molecule has 1 saturated heterocycles. The summed E-state index contributed by atoms with van der Waals surface area (Å²) in [5.74, 6) is -0.916. The molecule has 2 atom stereocenters. The van der Waals surface area contributed by atoms with Gasteiger partial charge in [0.05, 0.1) is 6.61 Å². The normalized spacial score (nSPS) is 23.3. The van der Waals surface area contributed by atoms with Crippen molar-refractivity contribution >= 4 is 11.9 Å². The molecule has 0 aromatic carbocycles. The largest absolute Gasteiger partial charge is 0.480 e. The van der Waals surface area contributed by atoms with E-state index in [2.05, 4.69) is 10.6 Å². The van der Waals surface area contributed by atoms with E-state index in [4.69, 9.17) is 9.84 Å². The number of rotatable bonds is 5. The number of carboxylic acid groups (broad SMARTS) is 1. The SMILES string of the molecule is COCC(NC1CCC(=O)NC1)C(=O)O. The van der Waals surface area contributed by atoms with Crippen LogP contribution in [0.2, 0.25) is 0 Å². The minimum atomic E-state index is -0.936. The van der Waals surface area contributed by atoms with E-state index in [-0.39, 0.29) is 18.6 Å². The fourth-order valence-corrected chi connectivity index (χ4v) is 1.52. The average molecular weight is 216 g/mol. The number of carbonyl (C=O) groups is 2. The van der Waals surface area contributed by atoms with Crippen LogP contribution in [0, 0.1) is 0 Å². The molecule has 1 amide bonds. The predicted octanol–water partition coefficient (Wildman–Crippen LogP) is -1.05. The lowest BCUT2D eigenvalue weighted by Crippen LogP contribution is -2.52. The van der Waals surface area contributed by atoms with Gasteiger partial charge in [-0.1, -0.05) is 0 Å². The highest BCUT2D eigenvalue weighted by molar-refractivity contribution is 5.77. The molecule has 1 aliphatic rings. The van der Waals surface area contributed by atoms with Crippen molar-refractivity contribution < 1.29 is 19.4 Å². The van der Waals surface area contributed by atoms with Gasteiger partial charge in [-0.05, 0) is 6.42 Å².